The molecular weight excluding hydrogens is 268 g/mol. The van der Waals surface area contributed by atoms with Gasteiger partial charge in [0.25, 0.3) is 17.7 Å². The van der Waals surface area contributed by atoms with Gasteiger partial charge in [0.1, 0.15) is 0 Å². The van der Waals surface area contributed by atoms with Crippen molar-refractivity contribution in [3.05, 3.63) is 34.9 Å². The molecule has 1 aliphatic heterocycles. The molecule has 0 bridgehead atoms. The summed E-state index contributed by atoms with van der Waals surface area (Å²) in [5, 5.41) is 0. The second-order valence-corrected chi connectivity index (χ2v) is 5.22. The highest BCUT2D eigenvalue weighted by atomic mass is 16.2. The number of hydrogen-bond acceptors (Lipinski definition) is 3. The third-order valence-electron chi connectivity index (χ3n) is 3.61. The van der Waals surface area contributed by atoms with Crippen LogP contribution in [0, 0.1) is 0 Å². The number of fused-ring (bicyclic) bond motifs is 1. The van der Waals surface area contributed by atoms with Crippen LogP contribution in [0.25, 0.3) is 0 Å². The van der Waals surface area contributed by atoms with Crippen LogP contribution in [0.3, 0.4) is 0 Å². The maximum absolute atomic E-state index is 12.5. The molecule has 0 aromatic heterocycles. The fraction of sp³-hybridized carbons (Fsp3) is 0.438. The molecule has 1 aliphatic rings. The van der Waals surface area contributed by atoms with Gasteiger partial charge in [0.05, 0.1) is 11.1 Å². The third-order valence-corrected chi connectivity index (χ3v) is 3.61. The number of rotatable bonds is 5. The van der Waals surface area contributed by atoms with Gasteiger partial charge in [-0.1, -0.05) is 13.8 Å². The number of hydrogen-bond donors (Lipinski definition) is 0. The van der Waals surface area contributed by atoms with E-state index < -0.39 is 0 Å². The van der Waals surface area contributed by atoms with E-state index in [1.165, 1.54) is 7.05 Å². The Morgan fingerprint density at radius 2 is 1.62 bits per heavy atom. The van der Waals surface area contributed by atoms with E-state index in [9.17, 15) is 14.4 Å². The van der Waals surface area contributed by atoms with Crippen molar-refractivity contribution >= 4 is 17.7 Å². The first-order valence-electron chi connectivity index (χ1n) is 7.27. The summed E-state index contributed by atoms with van der Waals surface area (Å²) in [6.07, 6.45) is 1.77. The first-order chi connectivity index (χ1) is 10.0. The van der Waals surface area contributed by atoms with Crippen LogP contribution in [-0.4, -0.2) is 47.7 Å². The average Bonchev–Trinajstić information content (AvgIpc) is 2.71. The minimum Gasteiger partial charge on any atom is -0.339 e. The van der Waals surface area contributed by atoms with E-state index in [0.717, 1.165) is 17.7 Å². The van der Waals surface area contributed by atoms with E-state index >= 15 is 0 Å². The van der Waals surface area contributed by atoms with Gasteiger partial charge in [-0.3, -0.25) is 19.3 Å². The van der Waals surface area contributed by atoms with Crippen molar-refractivity contribution in [2.45, 2.75) is 26.7 Å². The molecule has 2 rings (SSSR count). The molecule has 0 atom stereocenters. The lowest BCUT2D eigenvalue weighted by Gasteiger charge is -2.21. The molecule has 0 radical (unpaired) electrons. The zero-order valence-corrected chi connectivity index (χ0v) is 12.7. The highest BCUT2D eigenvalue weighted by molar-refractivity contribution is 6.21. The van der Waals surface area contributed by atoms with Crippen LogP contribution in [0.5, 0.6) is 0 Å². The fourth-order valence-electron chi connectivity index (χ4n) is 2.53. The van der Waals surface area contributed by atoms with Gasteiger partial charge in [0.15, 0.2) is 0 Å². The molecule has 0 aliphatic carbocycles. The molecule has 0 N–H and O–H groups in total. The summed E-state index contributed by atoms with van der Waals surface area (Å²) in [4.78, 5) is 39.2. The largest absolute Gasteiger partial charge is 0.339 e. The molecule has 0 unspecified atom stereocenters. The summed E-state index contributed by atoms with van der Waals surface area (Å²) in [5.74, 6) is -0.744. The summed E-state index contributed by atoms with van der Waals surface area (Å²) in [6.45, 7) is 5.43. The van der Waals surface area contributed by atoms with Gasteiger partial charge in [-0.05, 0) is 31.0 Å². The summed E-state index contributed by atoms with van der Waals surface area (Å²) in [6, 6.07) is 4.74. The predicted octanol–water partition coefficient (Wildman–Crippen LogP) is 2.17. The number of imide groups is 1. The Balaban J connectivity index is 2.32. The van der Waals surface area contributed by atoms with Crippen molar-refractivity contribution in [3.8, 4) is 0 Å². The lowest BCUT2D eigenvalue weighted by molar-refractivity contribution is 0.0692. The Morgan fingerprint density at radius 1 is 1.05 bits per heavy atom. The molecule has 3 amide bonds. The second kappa shape index (κ2) is 6.08. The minimum absolute atomic E-state index is 0.0868. The maximum Gasteiger partial charge on any atom is 0.261 e. The molecule has 5 heteroatoms. The van der Waals surface area contributed by atoms with E-state index in [0.29, 0.717) is 29.8 Å². The standard InChI is InChI=1S/C16H20N2O3/c1-4-8-18(9-5-2)14(19)11-6-7-12-13(10-11)16(21)17(3)15(12)20/h6-7,10H,4-5,8-9H2,1-3H3. The van der Waals surface area contributed by atoms with Crippen LogP contribution in [0.15, 0.2) is 18.2 Å². The van der Waals surface area contributed by atoms with Crippen molar-refractivity contribution in [2.24, 2.45) is 0 Å². The molecule has 1 aromatic carbocycles. The Kier molecular flexibility index (Phi) is 4.40. The van der Waals surface area contributed by atoms with E-state index in [1.807, 2.05) is 13.8 Å². The first-order valence-corrected chi connectivity index (χ1v) is 7.27. The first kappa shape index (κ1) is 15.2. The molecule has 1 aromatic rings. The number of nitrogens with zero attached hydrogens (tertiary/aromatic N) is 2. The van der Waals surface area contributed by atoms with Gasteiger partial charge in [-0.15, -0.1) is 0 Å². The zero-order chi connectivity index (χ0) is 15.6. The quantitative estimate of drug-likeness (QED) is 0.780. The van der Waals surface area contributed by atoms with Crippen LogP contribution in [0.4, 0.5) is 0 Å². The average molecular weight is 288 g/mol. The fourth-order valence-corrected chi connectivity index (χ4v) is 2.53. The Bertz CT molecular complexity index is 589. The van der Waals surface area contributed by atoms with E-state index in [4.69, 9.17) is 0 Å². The number of carbonyl (C=O) groups is 3. The molecule has 0 saturated heterocycles. The topological polar surface area (TPSA) is 57.7 Å². The molecule has 1 heterocycles. The minimum atomic E-state index is -0.345. The summed E-state index contributed by atoms with van der Waals surface area (Å²) >= 11 is 0. The van der Waals surface area contributed by atoms with Crippen molar-refractivity contribution in [2.75, 3.05) is 20.1 Å². The van der Waals surface area contributed by atoms with Crippen LogP contribution < -0.4 is 0 Å². The third kappa shape index (κ3) is 2.68. The van der Waals surface area contributed by atoms with Crippen molar-refractivity contribution < 1.29 is 14.4 Å². The Morgan fingerprint density at radius 3 is 2.19 bits per heavy atom. The lowest BCUT2D eigenvalue weighted by atomic mass is 10.0. The molecule has 0 saturated carbocycles. The van der Waals surface area contributed by atoms with Crippen LogP contribution in [0.2, 0.25) is 0 Å². The lowest BCUT2D eigenvalue weighted by Crippen LogP contribution is -2.32. The molecule has 21 heavy (non-hydrogen) atoms. The van der Waals surface area contributed by atoms with Crippen molar-refractivity contribution in [3.63, 3.8) is 0 Å². The molecule has 0 fully saturated rings. The van der Waals surface area contributed by atoms with Gasteiger partial charge >= 0.3 is 0 Å². The monoisotopic (exact) mass is 288 g/mol. The maximum atomic E-state index is 12.5. The van der Waals surface area contributed by atoms with Gasteiger partial charge < -0.3 is 4.90 Å². The van der Waals surface area contributed by atoms with E-state index in [1.54, 1.807) is 23.1 Å². The summed E-state index contributed by atoms with van der Waals surface area (Å²) in [5.41, 5.74) is 1.16. The Hall–Kier alpha value is -2.17. The number of carbonyl (C=O) groups excluding carboxylic acids is 3. The Labute approximate surface area is 124 Å². The number of amides is 3. The van der Waals surface area contributed by atoms with Crippen molar-refractivity contribution in [1.82, 2.24) is 9.80 Å². The summed E-state index contributed by atoms with van der Waals surface area (Å²) in [7, 11) is 1.45. The smallest absolute Gasteiger partial charge is 0.261 e. The molecular formula is C16H20N2O3. The SMILES string of the molecule is CCCN(CCC)C(=O)c1ccc2c(c1)C(=O)N(C)C2=O. The predicted molar refractivity (Wildman–Crippen MR) is 79.4 cm³/mol. The molecule has 0 spiro atoms. The van der Waals surface area contributed by atoms with Crippen LogP contribution in [0.1, 0.15) is 57.8 Å². The van der Waals surface area contributed by atoms with E-state index in [2.05, 4.69) is 0 Å². The zero-order valence-electron chi connectivity index (χ0n) is 12.7. The van der Waals surface area contributed by atoms with Gasteiger partial charge in [0.2, 0.25) is 0 Å². The normalized spacial score (nSPS) is 13.6. The van der Waals surface area contributed by atoms with E-state index in [-0.39, 0.29) is 17.7 Å². The highest BCUT2D eigenvalue weighted by Crippen LogP contribution is 2.23. The number of benzene rings is 1. The van der Waals surface area contributed by atoms with Gasteiger partial charge in [-0.25, -0.2) is 0 Å². The summed E-state index contributed by atoms with van der Waals surface area (Å²) < 4.78 is 0. The van der Waals surface area contributed by atoms with Gasteiger partial charge in [-0.2, -0.15) is 0 Å². The van der Waals surface area contributed by atoms with Crippen LogP contribution >= 0.6 is 0 Å². The highest BCUT2D eigenvalue weighted by Gasteiger charge is 2.33. The second-order valence-electron chi connectivity index (χ2n) is 5.22. The molecule has 112 valence electrons. The van der Waals surface area contributed by atoms with Gasteiger partial charge in [0, 0.05) is 25.7 Å². The van der Waals surface area contributed by atoms with Crippen molar-refractivity contribution in [1.29, 1.82) is 0 Å². The molecule has 5 nitrogen and oxygen atoms in total. The van der Waals surface area contributed by atoms with Crippen LogP contribution in [-0.2, 0) is 0 Å².